The van der Waals surface area contributed by atoms with Crippen molar-refractivity contribution in [3.05, 3.63) is 61.2 Å². The van der Waals surface area contributed by atoms with E-state index in [-0.39, 0.29) is 19.6 Å². The predicted molar refractivity (Wildman–Crippen MR) is 102 cm³/mol. The van der Waals surface area contributed by atoms with Crippen LogP contribution < -0.4 is 0 Å². The first-order chi connectivity index (χ1) is 13.1. The highest BCUT2D eigenvalue weighted by molar-refractivity contribution is 5.96. The second-order valence-corrected chi connectivity index (χ2v) is 6.44. The molecule has 1 N–H and O–H groups in total. The number of imide groups is 1. The number of aliphatic hydroxyl groups excluding tert-OH is 1. The first-order valence-electron chi connectivity index (χ1n) is 9.13. The summed E-state index contributed by atoms with van der Waals surface area (Å²) in [6.07, 6.45) is 2.43. The molecular weight excluding hydrogens is 346 g/mol. The Morgan fingerprint density at radius 2 is 2.07 bits per heavy atom. The van der Waals surface area contributed by atoms with Gasteiger partial charge in [0.05, 0.1) is 12.1 Å². The molecule has 3 atom stereocenters. The molecule has 1 saturated heterocycles. The molecule has 0 bridgehead atoms. The van der Waals surface area contributed by atoms with Crippen LogP contribution in [0.2, 0.25) is 0 Å². The molecule has 0 spiro atoms. The molecule has 0 aliphatic carbocycles. The maximum atomic E-state index is 13.0. The van der Waals surface area contributed by atoms with E-state index in [0.717, 1.165) is 16.9 Å². The van der Waals surface area contributed by atoms with Crippen molar-refractivity contribution in [1.82, 2.24) is 4.90 Å². The quantitative estimate of drug-likeness (QED) is 0.477. The fraction of sp³-hybridized carbons (Fsp3) is 0.429. The lowest BCUT2D eigenvalue weighted by molar-refractivity contribution is -0.149. The highest BCUT2D eigenvalue weighted by atomic mass is 16.6. The van der Waals surface area contributed by atoms with Crippen LogP contribution in [0.15, 0.2) is 55.6 Å². The zero-order valence-corrected chi connectivity index (χ0v) is 15.5. The number of benzene rings is 1. The van der Waals surface area contributed by atoms with Crippen molar-refractivity contribution in [2.24, 2.45) is 0 Å². The van der Waals surface area contributed by atoms with Gasteiger partial charge < -0.3 is 14.6 Å². The number of cyclic esters (lactones) is 1. The van der Waals surface area contributed by atoms with E-state index in [1.165, 1.54) is 6.08 Å². The molecule has 0 aromatic heterocycles. The highest BCUT2D eigenvalue weighted by Crippen LogP contribution is 2.21. The van der Waals surface area contributed by atoms with Crippen LogP contribution in [0.3, 0.4) is 0 Å². The number of ether oxygens (including phenoxy) is 2. The number of aliphatic hydroxyl groups is 1. The monoisotopic (exact) mass is 373 g/mol. The van der Waals surface area contributed by atoms with Crippen molar-refractivity contribution in [1.29, 1.82) is 0 Å². The summed E-state index contributed by atoms with van der Waals surface area (Å²) >= 11 is 0. The number of carbonyl (C=O) groups excluding carboxylic acids is 2. The molecule has 2 amide bonds. The number of hydrogen-bond acceptors (Lipinski definition) is 5. The number of allylic oxidation sites excluding steroid dienone is 1. The van der Waals surface area contributed by atoms with Crippen molar-refractivity contribution < 1.29 is 24.2 Å². The van der Waals surface area contributed by atoms with Gasteiger partial charge >= 0.3 is 6.09 Å². The second kappa shape index (κ2) is 10.6. The summed E-state index contributed by atoms with van der Waals surface area (Å²) in [4.78, 5) is 26.3. The van der Waals surface area contributed by atoms with E-state index in [4.69, 9.17) is 9.47 Å². The summed E-state index contributed by atoms with van der Waals surface area (Å²) in [5.74, 6) is -0.577. The van der Waals surface area contributed by atoms with Gasteiger partial charge in [-0.3, -0.25) is 4.79 Å². The van der Waals surface area contributed by atoms with E-state index in [1.54, 1.807) is 6.08 Å². The lowest BCUT2D eigenvalue weighted by Crippen LogP contribution is -2.50. The number of carbonyl (C=O) groups is 2. The van der Waals surface area contributed by atoms with Crippen molar-refractivity contribution in [3.63, 3.8) is 0 Å². The number of unbranched alkanes of at least 4 members (excludes halogenated alkanes) is 1. The molecule has 0 saturated carbocycles. The van der Waals surface area contributed by atoms with Gasteiger partial charge in [0, 0.05) is 6.61 Å². The minimum Gasteiger partial charge on any atom is -0.447 e. The predicted octanol–water partition coefficient (Wildman–Crippen LogP) is 2.86. The largest absolute Gasteiger partial charge is 0.447 e. The zero-order valence-electron chi connectivity index (χ0n) is 15.5. The van der Waals surface area contributed by atoms with Gasteiger partial charge in [-0.2, -0.15) is 0 Å². The van der Waals surface area contributed by atoms with Gasteiger partial charge in [-0.15, -0.1) is 13.2 Å². The molecule has 1 fully saturated rings. The van der Waals surface area contributed by atoms with Crippen LogP contribution in [0.5, 0.6) is 0 Å². The molecule has 1 aromatic carbocycles. The minimum atomic E-state index is -1.14. The number of rotatable bonds is 11. The molecule has 1 aromatic rings. The van der Waals surface area contributed by atoms with Crippen LogP contribution in [0.1, 0.15) is 24.8 Å². The van der Waals surface area contributed by atoms with Crippen LogP contribution in [0.4, 0.5) is 4.79 Å². The summed E-state index contributed by atoms with van der Waals surface area (Å²) in [5, 5.41) is 10.3. The van der Waals surface area contributed by atoms with Gasteiger partial charge in [0.25, 0.3) is 5.91 Å². The molecule has 2 rings (SSSR count). The average molecular weight is 373 g/mol. The standard InChI is InChI=1S/C21H27NO5/c1-3-5-9-13-26-19(18(23)10-4-2)20(24)22-17(15-27-21(22)25)14-16-11-7-6-8-12-16/h3-4,6-8,11-12,17-19,23H,1-2,5,9-10,13-15H2/t17-,18+,19-/m0/s1. The Labute approximate surface area is 160 Å². The first-order valence-corrected chi connectivity index (χ1v) is 9.13. The summed E-state index contributed by atoms with van der Waals surface area (Å²) in [7, 11) is 0. The Bertz CT molecular complexity index is 645. The Kier molecular flexibility index (Phi) is 8.23. The average Bonchev–Trinajstić information content (AvgIpc) is 3.02. The number of amides is 2. The van der Waals surface area contributed by atoms with E-state index >= 15 is 0 Å². The Balaban J connectivity index is 2.12. The fourth-order valence-electron chi connectivity index (χ4n) is 2.98. The molecule has 1 aliphatic rings. The summed E-state index contributed by atoms with van der Waals surface area (Å²) in [6, 6.07) is 9.14. The van der Waals surface area contributed by atoms with Crippen molar-refractivity contribution in [2.75, 3.05) is 13.2 Å². The Hall–Kier alpha value is -2.44. The van der Waals surface area contributed by atoms with Gasteiger partial charge in [0.1, 0.15) is 6.61 Å². The smallest absolute Gasteiger partial charge is 0.417 e. The normalized spacial score (nSPS) is 18.6. The SMILES string of the molecule is C=CCCCO[C@H](C(=O)N1C(=O)OC[C@@H]1Cc1ccccc1)[C@H](O)CC=C. The van der Waals surface area contributed by atoms with E-state index in [2.05, 4.69) is 13.2 Å². The summed E-state index contributed by atoms with van der Waals surface area (Å²) in [6.45, 7) is 7.64. The van der Waals surface area contributed by atoms with Gasteiger partial charge in [-0.25, -0.2) is 9.69 Å². The summed E-state index contributed by atoms with van der Waals surface area (Å²) < 4.78 is 10.7. The van der Waals surface area contributed by atoms with Crippen molar-refractivity contribution in [3.8, 4) is 0 Å². The Morgan fingerprint density at radius 1 is 1.33 bits per heavy atom. The van der Waals surface area contributed by atoms with Crippen LogP contribution >= 0.6 is 0 Å². The van der Waals surface area contributed by atoms with Crippen molar-refractivity contribution in [2.45, 2.75) is 43.9 Å². The third kappa shape index (κ3) is 5.77. The summed E-state index contributed by atoms with van der Waals surface area (Å²) in [5.41, 5.74) is 0.994. The fourth-order valence-corrected chi connectivity index (χ4v) is 2.98. The molecule has 6 nitrogen and oxygen atoms in total. The third-order valence-corrected chi connectivity index (χ3v) is 4.36. The topological polar surface area (TPSA) is 76.1 Å². The lowest BCUT2D eigenvalue weighted by atomic mass is 10.0. The maximum absolute atomic E-state index is 13.0. The van der Waals surface area contributed by atoms with Gasteiger partial charge in [0.2, 0.25) is 0 Å². The molecule has 0 radical (unpaired) electrons. The van der Waals surface area contributed by atoms with Crippen LogP contribution in [-0.2, 0) is 20.7 Å². The van der Waals surface area contributed by atoms with Gasteiger partial charge in [0.15, 0.2) is 6.10 Å². The molecule has 27 heavy (non-hydrogen) atoms. The molecule has 146 valence electrons. The molecule has 1 aliphatic heterocycles. The van der Waals surface area contributed by atoms with Crippen LogP contribution in [-0.4, -0.2) is 53.5 Å². The van der Waals surface area contributed by atoms with Gasteiger partial charge in [-0.05, 0) is 31.2 Å². The van der Waals surface area contributed by atoms with Crippen LogP contribution in [0, 0.1) is 0 Å². The molecule has 1 heterocycles. The second-order valence-electron chi connectivity index (χ2n) is 6.44. The van der Waals surface area contributed by atoms with Gasteiger partial charge in [-0.1, -0.05) is 42.5 Å². The molecule has 0 unspecified atom stereocenters. The zero-order chi connectivity index (χ0) is 19.6. The van der Waals surface area contributed by atoms with Crippen molar-refractivity contribution >= 4 is 12.0 Å². The van der Waals surface area contributed by atoms with E-state index in [0.29, 0.717) is 12.8 Å². The van der Waals surface area contributed by atoms with E-state index in [1.807, 2.05) is 30.3 Å². The third-order valence-electron chi connectivity index (χ3n) is 4.36. The molecule has 6 heteroatoms. The lowest BCUT2D eigenvalue weighted by Gasteiger charge is -2.27. The number of nitrogens with zero attached hydrogens (tertiary/aromatic N) is 1. The Morgan fingerprint density at radius 3 is 2.74 bits per heavy atom. The van der Waals surface area contributed by atoms with E-state index < -0.39 is 30.3 Å². The highest BCUT2D eigenvalue weighted by Gasteiger charge is 2.43. The molecular formula is C21H27NO5. The van der Waals surface area contributed by atoms with Crippen LogP contribution in [0.25, 0.3) is 0 Å². The maximum Gasteiger partial charge on any atom is 0.417 e. The van der Waals surface area contributed by atoms with E-state index in [9.17, 15) is 14.7 Å². The minimum absolute atomic E-state index is 0.125. The first kappa shape index (κ1) is 20.9. The number of hydrogen-bond donors (Lipinski definition) is 1.